The maximum absolute atomic E-state index is 6.21. The van der Waals surface area contributed by atoms with Crippen molar-refractivity contribution in [2.24, 2.45) is 0 Å². The summed E-state index contributed by atoms with van der Waals surface area (Å²) in [5.41, 5.74) is 1.24. The second-order valence-corrected chi connectivity index (χ2v) is 7.14. The van der Waals surface area contributed by atoms with Gasteiger partial charge in [-0.05, 0) is 43.8 Å². The Bertz CT molecular complexity index is 610. The molecule has 1 aromatic carbocycles. The van der Waals surface area contributed by atoms with Crippen LogP contribution >= 0.6 is 27.3 Å². The van der Waals surface area contributed by atoms with E-state index in [1.165, 1.54) is 15.3 Å². The van der Waals surface area contributed by atoms with Crippen LogP contribution in [-0.2, 0) is 6.42 Å². The molecular weight excluding hydrogens is 334 g/mol. The molecule has 0 saturated carbocycles. The first-order valence-corrected chi connectivity index (χ1v) is 8.54. The van der Waals surface area contributed by atoms with Gasteiger partial charge in [-0.15, -0.1) is 11.3 Å². The minimum absolute atomic E-state index is 0.159. The lowest BCUT2D eigenvalue weighted by molar-refractivity contribution is 0.157. The summed E-state index contributed by atoms with van der Waals surface area (Å²) in [6, 6.07) is 11.0. The van der Waals surface area contributed by atoms with E-state index in [2.05, 4.69) is 52.4 Å². The first-order valence-electron chi connectivity index (χ1n) is 6.93. The maximum Gasteiger partial charge on any atom is 0.135 e. The molecule has 0 saturated heterocycles. The molecule has 2 nitrogen and oxygen atoms in total. The van der Waals surface area contributed by atoms with Crippen LogP contribution in [0, 0.1) is 0 Å². The summed E-state index contributed by atoms with van der Waals surface area (Å²) < 4.78 is 7.31. The molecule has 0 bridgehead atoms. The lowest BCUT2D eigenvalue weighted by atomic mass is 9.96. The molecule has 106 valence electrons. The number of benzene rings is 1. The second kappa shape index (κ2) is 5.88. The van der Waals surface area contributed by atoms with Crippen molar-refractivity contribution in [1.82, 2.24) is 5.32 Å². The highest BCUT2D eigenvalue weighted by molar-refractivity contribution is 9.10. The van der Waals surface area contributed by atoms with Crippen LogP contribution in [0.1, 0.15) is 40.8 Å². The van der Waals surface area contributed by atoms with Crippen molar-refractivity contribution < 1.29 is 4.74 Å². The van der Waals surface area contributed by atoms with Crippen molar-refractivity contribution in [2.75, 3.05) is 7.05 Å². The van der Waals surface area contributed by atoms with E-state index in [1.54, 1.807) is 0 Å². The molecule has 2 unspecified atom stereocenters. The quantitative estimate of drug-likeness (QED) is 0.852. The number of rotatable bonds is 3. The highest BCUT2D eigenvalue weighted by Crippen LogP contribution is 2.43. The molecule has 4 heteroatoms. The molecule has 20 heavy (non-hydrogen) atoms. The highest BCUT2D eigenvalue weighted by atomic mass is 79.9. The molecule has 1 aliphatic heterocycles. The summed E-state index contributed by atoms with van der Waals surface area (Å²) in [5.74, 6) is 0.996. The molecule has 1 aliphatic rings. The molecule has 2 atom stereocenters. The van der Waals surface area contributed by atoms with E-state index in [0.717, 1.165) is 23.1 Å². The summed E-state index contributed by atoms with van der Waals surface area (Å²) in [6.07, 6.45) is 2.23. The van der Waals surface area contributed by atoms with Crippen molar-refractivity contribution in [2.45, 2.75) is 31.9 Å². The van der Waals surface area contributed by atoms with E-state index < -0.39 is 0 Å². The number of nitrogens with one attached hydrogen (secondary N) is 1. The standard InChI is InChI=1S/C16H18BrNOS/c1-3-11-5-7-16(20-11)15-9-13(18-2)12-8-10(17)4-6-14(12)19-15/h4-8,13,15,18H,3,9H2,1-2H3. The summed E-state index contributed by atoms with van der Waals surface area (Å²) in [5, 5.41) is 3.41. The van der Waals surface area contributed by atoms with E-state index >= 15 is 0 Å². The van der Waals surface area contributed by atoms with Gasteiger partial charge >= 0.3 is 0 Å². The molecule has 1 aromatic heterocycles. The molecule has 2 aromatic rings. The van der Waals surface area contributed by atoms with E-state index in [9.17, 15) is 0 Å². The largest absolute Gasteiger partial charge is 0.484 e. The van der Waals surface area contributed by atoms with E-state index in [-0.39, 0.29) is 6.10 Å². The number of thiophene rings is 1. The molecular formula is C16H18BrNOS. The third-order valence-corrected chi connectivity index (χ3v) is 5.58. The lowest BCUT2D eigenvalue weighted by Crippen LogP contribution is -2.26. The zero-order chi connectivity index (χ0) is 14.1. The van der Waals surface area contributed by atoms with E-state index in [1.807, 2.05) is 24.5 Å². The van der Waals surface area contributed by atoms with Crippen LogP contribution in [0.3, 0.4) is 0 Å². The van der Waals surface area contributed by atoms with Crippen molar-refractivity contribution in [3.05, 3.63) is 50.1 Å². The third kappa shape index (κ3) is 2.65. The Labute approximate surface area is 132 Å². The molecule has 0 spiro atoms. The minimum Gasteiger partial charge on any atom is -0.484 e. The summed E-state index contributed by atoms with van der Waals surface area (Å²) in [7, 11) is 2.02. The number of halogens is 1. The molecule has 0 amide bonds. The number of hydrogen-bond donors (Lipinski definition) is 1. The van der Waals surface area contributed by atoms with Crippen LogP contribution in [0.4, 0.5) is 0 Å². The lowest BCUT2D eigenvalue weighted by Gasteiger charge is -2.31. The van der Waals surface area contributed by atoms with Crippen LogP contribution in [0.25, 0.3) is 0 Å². The SMILES string of the molecule is CCc1ccc(C2CC(NC)c3cc(Br)ccc3O2)s1. The predicted molar refractivity (Wildman–Crippen MR) is 87.6 cm³/mol. The fourth-order valence-electron chi connectivity index (χ4n) is 2.65. The summed E-state index contributed by atoms with van der Waals surface area (Å²) in [6.45, 7) is 2.20. The fraction of sp³-hybridized carbons (Fsp3) is 0.375. The summed E-state index contributed by atoms with van der Waals surface area (Å²) >= 11 is 5.41. The van der Waals surface area contributed by atoms with Gasteiger partial charge in [-0.25, -0.2) is 0 Å². The Hall–Kier alpha value is -0.840. The van der Waals surface area contributed by atoms with Crippen molar-refractivity contribution in [1.29, 1.82) is 0 Å². The normalized spacial score (nSPS) is 21.4. The maximum atomic E-state index is 6.21. The van der Waals surface area contributed by atoms with Gasteiger partial charge in [-0.2, -0.15) is 0 Å². The van der Waals surface area contributed by atoms with Gasteiger partial charge in [0.15, 0.2) is 0 Å². The van der Waals surface area contributed by atoms with Crippen LogP contribution in [0.5, 0.6) is 5.75 Å². The molecule has 0 aliphatic carbocycles. The first kappa shape index (κ1) is 14.1. The molecule has 0 radical (unpaired) electrons. The fourth-order valence-corrected chi connectivity index (χ4v) is 4.02. The average molecular weight is 352 g/mol. The smallest absolute Gasteiger partial charge is 0.135 e. The van der Waals surface area contributed by atoms with Gasteiger partial charge < -0.3 is 10.1 Å². The molecule has 0 fully saturated rings. The Morgan fingerprint density at radius 2 is 2.20 bits per heavy atom. The molecule has 2 heterocycles. The Kier molecular flexibility index (Phi) is 4.15. The van der Waals surface area contributed by atoms with Gasteiger partial charge in [0, 0.05) is 32.3 Å². The zero-order valence-corrected chi connectivity index (χ0v) is 14.1. The van der Waals surface area contributed by atoms with Crippen LogP contribution < -0.4 is 10.1 Å². The monoisotopic (exact) mass is 351 g/mol. The number of hydrogen-bond acceptors (Lipinski definition) is 3. The Morgan fingerprint density at radius 1 is 1.35 bits per heavy atom. The van der Waals surface area contributed by atoms with E-state index in [4.69, 9.17) is 4.74 Å². The minimum atomic E-state index is 0.159. The third-order valence-electron chi connectivity index (χ3n) is 3.76. The highest BCUT2D eigenvalue weighted by Gasteiger charge is 2.29. The second-order valence-electron chi connectivity index (χ2n) is 5.02. The van der Waals surface area contributed by atoms with Crippen LogP contribution in [-0.4, -0.2) is 7.05 Å². The Morgan fingerprint density at radius 3 is 2.90 bits per heavy atom. The molecule has 3 rings (SSSR count). The van der Waals surface area contributed by atoms with Crippen molar-refractivity contribution in [3.63, 3.8) is 0 Å². The van der Waals surface area contributed by atoms with Gasteiger partial charge in [-0.3, -0.25) is 0 Å². The Balaban J connectivity index is 1.92. The van der Waals surface area contributed by atoms with Gasteiger partial charge in [0.05, 0.1) is 0 Å². The van der Waals surface area contributed by atoms with Gasteiger partial charge in [-0.1, -0.05) is 22.9 Å². The number of fused-ring (bicyclic) bond motifs is 1. The topological polar surface area (TPSA) is 21.3 Å². The average Bonchev–Trinajstić information content (AvgIpc) is 2.95. The van der Waals surface area contributed by atoms with Gasteiger partial charge in [0.2, 0.25) is 0 Å². The summed E-state index contributed by atoms with van der Waals surface area (Å²) in [4.78, 5) is 2.75. The zero-order valence-electron chi connectivity index (χ0n) is 11.7. The first-order chi connectivity index (χ1) is 9.71. The van der Waals surface area contributed by atoms with Crippen molar-refractivity contribution in [3.8, 4) is 5.75 Å². The van der Waals surface area contributed by atoms with Crippen molar-refractivity contribution >= 4 is 27.3 Å². The van der Waals surface area contributed by atoms with Gasteiger partial charge in [0.1, 0.15) is 11.9 Å². The van der Waals surface area contributed by atoms with Crippen LogP contribution in [0.15, 0.2) is 34.8 Å². The van der Waals surface area contributed by atoms with Gasteiger partial charge in [0.25, 0.3) is 0 Å². The van der Waals surface area contributed by atoms with Crippen LogP contribution in [0.2, 0.25) is 0 Å². The number of ether oxygens (including phenoxy) is 1. The predicted octanol–water partition coefficient (Wildman–Crippen LogP) is 4.86. The number of aryl methyl sites for hydroxylation is 1. The van der Waals surface area contributed by atoms with E-state index in [0.29, 0.717) is 6.04 Å². The molecule has 1 N–H and O–H groups in total.